The van der Waals surface area contributed by atoms with Gasteiger partial charge in [0.05, 0.1) is 0 Å². The van der Waals surface area contributed by atoms with E-state index in [2.05, 4.69) is 5.10 Å². The molecule has 1 aromatic heterocycles. The van der Waals surface area contributed by atoms with E-state index in [1.165, 1.54) is 13.0 Å². The largest absolute Gasteiger partial charge is 0.480 e. The molecule has 0 aliphatic heterocycles. The molecule has 11 heteroatoms. The van der Waals surface area contributed by atoms with Crippen LogP contribution in [0.1, 0.15) is 30.8 Å². The summed E-state index contributed by atoms with van der Waals surface area (Å²) in [6, 6.07) is 2.18. The van der Waals surface area contributed by atoms with E-state index in [4.69, 9.17) is 28.3 Å². The van der Waals surface area contributed by atoms with Crippen molar-refractivity contribution in [2.24, 2.45) is 0 Å². The third-order valence-electron chi connectivity index (χ3n) is 3.69. The summed E-state index contributed by atoms with van der Waals surface area (Å²) in [6.07, 6.45) is 0.746. The van der Waals surface area contributed by atoms with E-state index in [0.29, 0.717) is 16.7 Å². The Labute approximate surface area is 155 Å². The van der Waals surface area contributed by atoms with E-state index >= 15 is 0 Å². The molecule has 0 spiro atoms. The van der Waals surface area contributed by atoms with Crippen LogP contribution in [0.4, 0.5) is 13.2 Å². The molecule has 0 amide bonds. The van der Waals surface area contributed by atoms with Gasteiger partial charge in [-0.3, -0.25) is 4.79 Å². The maximum Gasteiger partial charge on any atom is 0.355 e. The first-order valence-corrected chi connectivity index (χ1v) is 8.26. The quantitative estimate of drug-likeness (QED) is 0.706. The molecule has 142 valence electrons. The molecule has 1 unspecified atom stereocenters. The average molecular weight is 412 g/mol. The summed E-state index contributed by atoms with van der Waals surface area (Å²) in [6.45, 7) is -1.91. The SMILES string of the molecule is Cc1nn(-c2cc(CCCC(Cl)C(=O)O)c(Cl)cc2F)c(=O)n1C(F)F. The maximum atomic E-state index is 14.2. The summed E-state index contributed by atoms with van der Waals surface area (Å²) in [7, 11) is 0. The molecule has 1 aromatic carbocycles. The Kier molecular flexibility index (Phi) is 6.35. The van der Waals surface area contributed by atoms with E-state index < -0.39 is 29.4 Å². The fourth-order valence-corrected chi connectivity index (χ4v) is 2.79. The van der Waals surface area contributed by atoms with E-state index in [0.717, 1.165) is 6.07 Å². The highest BCUT2D eigenvalue weighted by molar-refractivity contribution is 6.31. The lowest BCUT2D eigenvalue weighted by molar-refractivity contribution is -0.136. The zero-order valence-corrected chi connectivity index (χ0v) is 14.9. The molecule has 0 fully saturated rings. The van der Waals surface area contributed by atoms with Crippen molar-refractivity contribution in [3.8, 4) is 5.69 Å². The van der Waals surface area contributed by atoms with Crippen LogP contribution in [0.2, 0.25) is 5.02 Å². The zero-order valence-electron chi connectivity index (χ0n) is 13.4. The number of carboxylic acids is 1. The number of nitrogens with zero attached hydrogens (tertiary/aromatic N) is 3. The Morgan fingerprint density at radius 2 is 2.04 bits per heavy atom. The van der Waals surface area contributed by atoms with Crippen molar-refractivity contribution in [1.82, 2.24) is 14.3 Å². The normalized spacial score (nSPS) is 12.6. The Morgan fingerprint density at radius 3 is 2.58 bits per heavy atom. The van der Waals surface area contributed by atoms with Gasteiger partial charge in [-0.05, 0) is 43.9 Å². The van der Waals surface area contributed by atoms with Gasteiger partial charge in [0.15, 0.2) is 5.82 Å². The van der Waals surface area contributed by atoms with Crippen LogP contribution in [0.3, 0.4) is 0 Å². The highest BCUT2D eigenvalue weighted by Gasteiger charge is 2.21. The molecule has 1 N–H and O–H groups in total. The van der Waals surface area contributed by atoms with Crippen molar-refractivity contribution in [3.05, 3.63) is 44.8 Å². The maximum absolute atomic E-state index is 14.2. The lowest BCUT2D eigenvalue weighted by Gasteiger charge is -2.09. The van der Waals surface area contributed by atoms with Gasteiger partial charge < -0.3 is 5.11 Å². The highest BCUT2D eigenvalue weighted by Crippen LogP contribution is 2.25. The Bertz CT molecular complexity index is 883. The topological polar surface area (TPSA) is 77.1 Å². The zero-order chi connectivity index (χ0) is 19.6. The Balaban J connectivity index is 2.35. The number of halogens is 5. The third-order valence-corrected chi connectivity index (χ3v) is 4.45. The molecular weight excluding hydrogens is 398 g/mol. The van der Waals surface area contributed by atoms with Crippen LogP contribution < -0.4 is 5.69 Å². The fraction of sp³-hybridized carbons (Fsp3) is 0.400. The van der Waals surface area contributed by atoms with Crippen LogP contribution in [0.15, 0.2) is 16.9 Å². The predicted octanol–water partition coefficient (Wildman–Crippen LogP) is 3.54. The van der Waals surface area contributed by atoms with Crippen molar-refractivity contribution >= 4 is 29.2 Å². The summed E-state index contributed by atoms with van der Waals surface area (Å²) < 4.78 is 40.7. The van der Waals surface area contributed by atoms with Gasteiger partial charge in [-0.1, -0.05) is 11.6 Å². The molecule has 0 saturated heterocycles. The lowest BCUT2D eigenvalue weighted by atomic mass is 10.1. The molecule has 1 atom stereocenters. The monoisotopic (exact) mass is 411 g/mol. The Hall–Kier alpha value is -2.00. The second-order valence-corrected chi connectivity index (χ2v) is 6.42. The van der Waals surface area contributed by atoms with Crippen molar-refractivity contribution in [2.45, 2.75) is 38.1 Å². The number of aliphatic carboxylic acids is 1. The van der Waals surface area contributed by atoms with Gasteiger partial charge in [0.1, 0.15) is 16.9 Å². The van der Waals surface area contributed by atoms with Gasteiger partial charge in [0.2, 0.25) is 0 Å². The standard InChI is InChI=1S/C15H14Cl2F3N3O3/c1-7-21-23(15(26)22(7)14(19)20)12-5-8(10(17)6-11(12)18)3-2-4-9(16)13(24)25/h5-6,9,14H,2-4H2,1H3,(H,24,25). The molecule has 0 aliphatic rings. The average Bonchev–Trinajstić information content (AvgIpc) is 2.83. The first-order valence-electron chi connectivity index (χ1n) is 7.45. The molecule has 0 saturated carbocycles. The number of carboxylic acid groups (broad SMARTS) is 1. The molecule has 1 heterocycles. The van der Waals surface area contributed by atoms with Crippen molar-refractivity contribution in [2.75, 3.05) is 0 Å². The second-order valence-electron chi connectivity index (χ2n) is 5.48. The summed E-state index contributed by atoms with van der Waals surface area (Å²) >= 11 is 11.6. The number of carbonyl (C=O) groups is 1. The minimum atomic E-state index is -3.11. The minimum absolute atomic E-state index is 0.0609. The minimum Gasteiger partial charge on any atom is -0.480 e. The van der Waals surface area contributed by atoms with E-state index in [-0.39, 0.29) is 33.9 Å². The number of aryl methyl sites for hydroxylation is 2. The second kappa shape index (κ2) is 8.13. The molecule has 0 radical (unpaired) electrons. The molecular formula is C15H14Cl2F3N3O3. The van der Waals surface area contributed by atoms with E-state index in [9.17, 15) is 22.8 Å². The summed E-state index contributed by atoms with van der Waals surface area (Å²) in [5.41, 5.74) is -1.09. The van der Waals surface area contributed by atoms with Crippen molar-refractivity contribution < 1.29 is 23.1 Å². The molecule has 2 aromatic rings. The molecule has 0 aliphatic carbocycles. The van der Waals surface area contributed by atoms with Crippen LogP contribution >= 0.6 is 23.2 Å². The number of hydrogen-bond acceptors (Lipinski definition) is 3. The first-order chi connectivity index (χ1) is 12.1. The van der Waals surface area contributed by atoms with Crippen LogP contribution in [-0.2, 0) is 11.2 Å². The van der Waals surface area contributed by atoms with Crippen molar-refractivity contribution in [1.29, 1.82) is 0 Å². The van der Waals surface area contributed by atoms with Gasteiger partial charge >= 0.3 is 18.2 Å². The predicted molar refractivity (Wildman–Crippen MR) is 89.0 cm³/mol. The number of aromatic nitrogens is 3. The summed E-state index contributed by atoms with van der Waals surface area (Å²) in [5.74, 6) is -2.33. The van der Waals surface area contributed by atoms with Gasteiger partial charge in [-0.25, -0.2) is 13.8 Å². The molecule has 26 heavy (non-hydrogen) atoms. The number of alkyl halides is 3. The number of rotatable bonds is 7. The summed E-state index contributed by atoms with van der Waals surface area (Å²) in [5, 5.41) is 11.4. The smallest absolute Gasteiger partial charge is 0.355 e. The number of benzene rings is 1. The molecule has 6 nitrogen and oxygen atoms in total. The fourth-order valence-electron chi connectivity index (χ4n) is 2.39. The number of hydrogen-bond donors (Lipinski definition) is 1. The van der Waals surface area contributed by atoms with E-state index in [1.54, 1.807) is 0 Å². The first kappa shape index (κ1) is 20.3. The lowest BCUT2D eigenvalue weighted by Crippen LogP contribution is -2.25. The van der Waals surface area contributed by atoms with E-state index in [1.807, 2.05) is 0 Å². The van der Waals surface area contributed by atoms with Crippen LogP contribution in [0.5, 0.6) is 0 Å². The van der Waals surface area contributed by atoms with Gasteiger partial charge in [-0.2, -0.15) is 13.5 Å². The van der Waals surface area contributed by atoms with Crippen LogP contribution in [0, 0.1) is 12.7 Å². The summed E-state index contributed by atoms with van der Waals surface area (Å²) in [4.78, 5) is 22.8. The van der Waals surface area contributed by atoms with Crippen LogP contribution in [0.25, 0.3) is 5.69 Å². The Morgan fingerprint density at radius 1 is 1.38 bits per heavy atom. The van der Waals surface area contributed by atoms with Crippen molar-refractivity contribution in [3.63, 3.8) is 0 Å². The van der Waals surface area contributed by atoms with Gasteiger partial charge in [-0.15, -0.1) is 16.7 Å². The third kappa shape index (κ3) is 4.21. The van der Waals surface area contributed by atoms with Gasteiger partial charge in [0, 0.05) is 5.02 Å². The highest BCUT2D eigenvalue weighted by atomic mass is 35.5. The van der Waals surface area contributed by atoms with Crippen LogP contribution in [-0.4, -0.2) is 30.8 Å². The van der Waals surface area contributed by atoms with Gasteiger partial charge in [0.25, 0.3) is 0 Å². The molecule has 0 bridgehead atoms. The molecule has 2 rings (SSSR count).